The van der Waals surface area contributed by atoms with E-state index in [0.29, 0.717) is 10.2 Å². The van der Waals surface area contributed by atoms with E-state index in [0.717, 1.165) is 5.33 Å². The first-order valence-corrected chi connectivity index (χ1v) is 6.55. The molecule has 1 nitrogen and oxygen atoms in total. The molecule has 2 atom stereocenters. The predicted octanol–water partition coefficient (Wildman–Crippen LogP) is 3.49. The van der Waals surface area contributed by atoms with E-state index in [1.807, 2.05) is 0 Å². The summed E-state index contributed by atoms with van der Waals surface area (Å²) >= 11 is 5.81. The molecule has 1 rings (SSSR count). The first-order chi connectivity index (χ1) is 5.33. The van der Waals surface area contributed by atoms with Gasteiger partial charge in [0.2, 0.25) is 0 Å². The monoisotopic (exact) mass is 332 g/mol. The minimum atomic E-state index is 0.488. The third-order valence-corrected chi connectivity index (χ3v) is 3.44. The van der Waals surface area contributed by atoms with E-state index in [1.54, 1.807) is 0 Å². The molecule has 1 fully saturated rings. The van der Waals surface area contributed by atoms with Crippen LogP contribution in [0.25, 0.3) is 0 Å². The zero-order valence-electron chi connectivity index (χ0n) is 6.56. The van der Waals surface area contributed by atoms with E-state index in [1.165, 1.54) is 32.1 Å². The van der Waals surface area contributed by atoms with Gasteiger partial charge in [0.05, 0.1) is 6.10 Å². The van der Waals surface area contributed by atoms with Crippen LogP contribution in [0.3, 0.4) is 0 Å². The summed E-state index contributed by atoms with van der Waals surface area (Å²) < 4.78 is 6.17. The average molecular weight is 333 g/mol. The third-order valence-electron chi connectivity index (χ3n) is 1.97. The average Bonchev–Trinajstić information content (AvgIpc) is 2.37. The molecule has 1 heterocycles. The van der Waals surface area contributed by atoms with Crippen LogP contribution in [0.15, 0.2) is 0 Å². The highest BCUT2D eigenvalue weighted by atomic mass is 127. The molecule has 0 bridgehead atoms. The van der Waals surface area contributed by atoms with E-state index >= 15 is 0 Å². The van der Waals surface area contributed by atoms with Gasteiger partial charge in [-0.2, -0.15) is 0 Å². The van der Waals surface area contributed by atoms with Gasteiger partial charge in [-0.3, -0.25) is 0 Å². The van der Waals surface area contributed by atoms with Crippen LogP contribution in [-0.4, -0.2) is 15.5 Å². The quantitative estimate of drug-likeness (QED) is 0.435. The maximum Gasteiger partial charge on any atom is 0.109 e. The van der Waals surface area contributed by atoms with Crippen molar-refractivity contribution in [1.82, 2.24) is 0 Å². The maximum atomic E-state index is 5.68. The molecule has 0 aromatic carbocycles. The summed E-state index contributed by atoms with van der Waals surface area (Å²) in [6.07, 6.45) is 6.93. The summed E-state index contributed by atoms with van der Waals surface area (Å²) in [5.41, 5.74) is 0. The molecule has 0 N–H and O–H groups in total. The Bertz CT molecular complexity index is 110. The van der Waals surface area contributed by atoms with Crippen molar-refractivity contribution in [1.29, 1.82) is 0 Å². The normalized spacial score (nSPS) is 31.1. The highest BCUT2D eigenvalue weighted by Gasteiger charge is 2.21. The van der Waals surface area contributed by atoms with Gasteiger partial charge in [-0.15, -0.1) is 0 Å². The molecule has 0 spiro atoms. The molecule has 0 aliphatic carbocycles. The lowest BCUT2D eigenvalue weighted by Gasteiger charge is -2.08. The Kier molecular flexibility index (Phi) is 5.36. The van der Waals surface area contributed by atoms with Gasteiger partial charge >= 0.3 is 0 Å². The van der Waals surface area contributed by atoms with E-state index in [4.69, 9.17) is 4.74 Å². The highest BCUT2D eigenvalue weighted by molar-refractivity contribution is 14.1. The van der Waals surface area contributed by atoms with Crippen LogP contribution in [-0.2, 0) is 4.74 Å². The molecule has 2 unspecified atom stereocenters. The second-order valence-corrected chi connectivity index (χ2v) is 5.11. The molecule has 1 saturated heterocycles. The predicted molar refractivity (Wildman–Crippen MR) is 59.6 cm³/mol. The zero-order chi connectivity index (χ0) is 8.10. The number of hydrogen-bond donors (Lipinski definition) is 0. The van der Waals surface area contributed by atoms with Crippen molar-refractivity contribution in [2.45, 2.75) is 42.3 Å². The highest BCUT2D eigenvalue weighted by Crippen LogP contribution is 2.27. The van der Waals surface area contributed by atoms with Gasteiger partial charge in [0.1, 0.15) is 4.11 Å². The van der Waals surface area contributed by atoms with Crippen molar-refractivity contribution >= 4 is 38.5 Å². The van der Waals surface area contributed by atoms with E-state index in [-0.39, 0.29) is 0 Å². The number of alkyl halides is 2. The largest absolute Gasteiger partial charge is 0.365 e. The molecule has 0 radical (unpaired) electrons. The molecule has 0 amide bonds. The SMILES string of the molecule is BrCCCCC1CCC(I)O1. The minimum absolute atomic E-state index is 0.488. The van der Waals surface area contributed by atoms with Crippen LogP contribution in [0.5, 0.6) is 0 Å². The molecule has 11 heavy (non-hydrogen) atoms. The maximum absolute atomic E-state index is 5.68. The Morgan fingerprint density at radius 1 is 1.36 bits per heavy atom. The van der Waals surface area contributed by atoms with Crippen molar-refractivity contribution in [2.24, 2.45) is 0 Å². The Labute approximate surface area is 90.5 Å². The lowest BCUT2D eigenvalue weighted by atomic mass is 10.1. The third kappa shape index (κ3) is 4.08. The van der Waals surface area contributed by atoms with Gasteiger partial charge in [-0.25, -0.2) is 0 Å². The smallest absolute Gasteiger partial charge is 0.109 e. The van der Waals surface area contributed by atoms with Crippen LogP contribution in [0.4, 0.5) is 0 Å². The van der Waals surface area contributed by atoms with Gasteiger partial charge < -0.3 is 4.74 Å². The standard InChI is InChI=1S/C8H14BrIO/c9-6-2-1-3-7-4-5-8(10)11-7/h7-8H,1-6H2. The topological polar surface area (TPSA) is 9.23 Å². The fraction of sp³-hybridized carbons (Fsp3) is 1.00. The fourth-order valence-corrected chi connectivity index (χ4v) is 2.51. The molecule has 3 heteroatoms. The second-order valence-electron chi connectivity index (χ2n) is 2.93. The Balaban J connectivity index is 1.99. The van der Waals surface area contributed by atoms with Gasteiger partial charge in [0.15, 0.2) is 0 Å². The zero-order valence-corrected chi connectivity index (χ0v) is 10.3. The minimum Gasteiger partial charge on any atom is -0.365 e. The molecule has 0 saturated carbocycles. The summed E-state index contributed by atoms with van der Waals surface area (Å²) in [6, 6.07) is 0. The molecule has 1 aliphatic heterocycles. The molecule has 0 aromatic heterocycles. The summed E-state index contributed by atoms with van der Waals surface area (Å²) in [5, 5.41) is 1.13. The van der Waals surface area contributed by atoms with E-state index in [9.17, 15) is 0 Å². The van der Waals surface area contributed by atoms with Crippen LogP contribution < -0.4 is 0 Å². The molecular weight excluding hydrogens is 319 g/mol. The second kappa shape index (κ2) is 5.75. The lowest BCUT2D eigenvalue weighted by molar-refractivity contribution is 0.0925. The number of ether oxygens (including phenoxy) is 1. The Hall–Kier alpha value is 1.17. The van der Waals surface area contributed by atoms with Crippen LogP contribution in [0.1, 0.15) is 32.1 Å². The summed E-state index contributed by atoms with van der Waals surface area (Å²) in [7, 11) is 0. The van der Waals surface area contributed by atoms with Crippen molar-refractivity contribution in [3.05, 3.63) is 0 Å². The van der Waals surface area contributed by atoms with Gasteiger partial charge in [0, 0.05) is 5.33 Å². The molecule has 66 valence electrons. The number of unbranched alkanes of at least 4 members (excludes halogenated alkanes) is 1. The van der Waals surface area contributed by atoms with Gasteiger partial charge in [-0.05, 0) is 25.7 Å². The summed E-state index contributed by atoms with van der Waals surface area (Å²) in [6.45, 7) is 0. The fourth-order valence-electron chi connectivity index (χ4n) is 1.34. The van der Waals surface area contributed by atoms with Crippen molar-refractivity contribution in [2.75, 3.05) is 5.33 Å². The molecule has 1 aliphatic rings. The van der Waals surface area contributed by atoms with Crippen LogP contribution >= 0.6 is 38.5 Å². The lowest BCUT2D eigenvalue weighted by Crippen LogP contribution is -2.06. The van der Waals surface area contributed by atoms with E-state index in [2.05, 4.69) is 38.5 Å². The number of hydrogen-bond acceptors (Lipinski definition) is 1. The van der Waals surface area contributed by atoms with E-state index < -0.39 is 0 Å². The first kappa shape index (κ1) is 10.3. The Morgan fingerprint density at radius 3 is 2.73 bits per heavy atom. The van der Waals surface area contributed by atoms with Crippen molar-refractivity contribution in [3.63, 3.8) is 0 Å². The van der Waals surface area contributed by atoms with Crippen LogP contribution in [0.2, 0.25) is 0 Å². The van der Waals surface area contributed by atoms with Crippen LogP contribution in [0, 0.1) is 0 Å². The molecular formula is C8H14BrIO. The first-order valence-electron chi connectivity index (χ1n) is 4.18. The summed E-state index contributed by atoms with van der Waals surface area (Å²) in [5.74, 6) is 0. The number of halogens is 2. The molecule has 0 aromatic rings. The Morgan fingerprint density at radius 2 is 2.18 bits per heavy atom. The van der Waals surface area contributed by atoms with Crippen molar-refractivity contribution in [3.8, 4) is 0 Å². The van der Waals surface area contributed by atoms with Gasteiger partial charge in [0.25, 0.3) is 0 Å². The van der Waals surface area contributed by atoms with Gasteiger partial charge in [-0.1, -0.05) is 44.9 Å². The summed E-state index contributed by atoms with van der Waals surface area (Å²) in [4.78, 5) is 0. The van der Waals surface area contributed by atoms with Crippen molar-refractivity contribution < 1.29 is 4.74 Å². The number of rotatable bonds is 4.